The fourth-order valence-corrected chi connectivity index (χ4v) is 2.10. The third-order valence-corrected chi connectivity index (χ3v) is 4.07. The van der Waals surface area contributed by atoms with Crippen LogP contribution < -0.4 is 10.6 Å². The van der Waals surface area contributed by atoms with Crippen LogP contribution in [0.1, 0.15) is 20.3 Å². The van der Waals surface area contributed by atoms with E-state index in [1.807, 2.05) is 30.0 Å². The summed E-state index contributed by atoms with van der Waals surface area (Å²) >= 11 is 1.85. The van der Waals surface area contributed by atoms with Crippen molar-refractivity contribution in [2.75, 3.05) is 30.0 Å². The average molecular weight is 290 g/mol. The average Bonchev–Trinajstić information content (AvgIpc) is 2.50. The van der Waals surface area contributed by atoms with E-state index in [0.29, 0.717) is 11.2 Å². The third kappa shape index (κ3) is 3.76. The lowest BCUT2D eigenvalue weighted by atomic mass is 10.2. The van der Waals surface area contributed by atoms with Gasteiger partial charge in [0.25, 0.3) is 0 Å². The minimum atomic E-state index is 0.552. The first-order chi connectivity index (χ1) is 9.74. The van der Waals surface area contributed by atoms with Gasteiger partial charge in [0.1, 0.15) is 5.82 Å². The smallest absolute Gasteiger partial charge is 0.225 e. The zero-order valence-electron chi connectivity index (χ0n) is 12.3. The van der Waals surface area contributed by atoms with E-state index in [9.17, 15) is 0 Å². The normalized spacial score (nSPS) is 12.3. The highest BCUT2D eigenvalue weighted by Gasteiger charge is 2.08. The van der Waals surface area contributed by atoms with Gasteiger partial charge in [0, 0.05) is 23.7 Å². The van der Waals surface area contributed by atoms with Gasteiger partial charge in [-0.3, -0.25) is 0 Å². The Morgan fingerprint density at radius 2 is 2.00 bits per heavy atom. The van der Waals surface area contributed by atoms with E-state index in [-0.39, 0.29) is 0 Å². The monoisotopic (exact) mass is 290 g/mol. The van der Waals surface area contributed by atoms with Gasteiger partial charge in [0.05, 0.1) is 5.52 Å². The summed E-state index contributed by atoms with van der Waals surface area (Å²) in [5, 5.41) is 8.33. The van der Waals surface area contributed by atoms with Crippen LogP contribution in [-0.4, -0.2) is 34.6 Å². The highest BCUT2D eigenvalue weighted by Crippen LogP contribution is 2.22. The molecule has 0 saturated heterocycles. The third-order valence-electron chi connectivity index (χ3n) is 3.10. The number of hydrogen-bond donors (Lipinski definition) is 2. The van der Waals surface area contributed by atoms with E-state index < -0.39 is 0 Å². The molecule has 2 rings (SSSR count). The van der Waals surface area contributed by atoms with E-state index in [4.69, 9.17) is 0 Å². The van der Waals surface area contributed by atoms with Gasteiger partial charge in [0.2, 0.25) is 5.95 Å². The minimum absolute atomic E-state index is 0.552. The molecule has 1 aromatic carbocycles. The van der Waals surface area contributed by atoms with E-state index >= 15 is 0 Å². The SMILES string of the molecule is CCCNc1nc(NCC(C)SC)c2ccccc2n1. The summed E-state index contributed by atoms with van der Waals surface area (Å²) in [5.74, 6) is 1.61. The molecule has 1 unspecified atom stereocenters. The van der Waals surface area contributed by atoms with Crippen LogP contribution in [0.2, 0.25) is 0 Å². The molecule has 1 atom stereocenters. The molecule has 0 fully saturated rings. The summed E-state index contributed by atoms with van der Waals surface area (Å²) in [6.07, 6.45) is 3.18. The molecule has 0 aliphatic rings. The zero-order valence-corrected chi connectivity index (χ0v) is 13.1. The Morgan fingerprint density at radius 3 is 2.75 bits per heavy atom. The standard InChI is InChI=1S/C15H22N4S/c1-4-9-16-15-18-13-8-6-5-7-12(13)14(19-15)17-10-11(2)20-3/h5-8,11H,4,9-10H2,1-3H3,(H2,16,17,18,19). The van der Waals surface area contributed by atoms with Crippen molar-refractivity contribution in [1.82, 2.24) is 9.97 Å². The van der Waals surface area contributed by atoms with Crippen LogP contribution in [0, 0.1) is 0 Å². The van der Waals surface area contributed by atoms with E-state index in [1.165, 1.54) is 0 Å². The molecule has 0 radical (unpaired) electrons. The van der Waals surface area contributed by atoms with Crippen LogP contribution in [0.3, 0.4) is 0 Å². The Balaban J connectivity index is 2.28. The summed E-state index contributed by atoms with van der Waals surface area (Å²) in [6, 6.07) is 8.11. The van der Waals surface area contributed by atoms with E-state index in [2.05, 4.69) is 46.8 Å². The maximum atomic E-state index is 4.60. The lowest BCUT2D eigenvalue weighted by molar-refractivity contribution is 0.951. The van der Waals surface area contributed by atoms with Crippen molar-refractivity contribution in [3.8, 4) is 0 Å². The molecule has 2 N–H and O–H groups in total. The van der Waals surface area contributed by atoms with Crippen molar-refractivity contribution >= 4 is 34.4 Å². The second kappa shape index (κ2) is 7.33. The fraction of sp³-hybridized carbons (Fsp3) is 0.467. The summed E-state index contributed by atoms with van der Waals surface area (Å²) in [7, 11) is 0. The highest BCUT2D eigenvalue weighted by molar-refractivity contribution is 7.99. The number of nitrogens with zero attached hydrogens (tertiary/aromatic N) is 2. The van der Waals surface area contributed by atoms with Crippen LogP contribution in [0.15, 0.2) is 24.3 Å². The van der Waals surface area contributed by atoms with Gasteiger partial charge >= 0.3 is 0 Å². The first-order valence-corrected chi connectivity index (χ1v) is 8.30. The van der Waals surface area contributed by atoms with Gasteiger partial charge in [0.15, 0.2) is 0 Å². The minimum Gasteiger partial charge on any atom is -0.368 e. The van der Waals surface area contributed by atoms with Crippen molar-refractivity contribution in [2.45, 2.75) is 25.5 Å². The van der Waals surface area contributed by atoms with E-state index in [1.54, 1.807) is 0 Å². The number of aromatic nitrogens is 2. The summed E-state index contributed by atoms with van der Waals surface area (Å²) in [4.78, 5) is 9.16. The molecule has 0 bridgehead atoms. The molecule has 0 aliphatic carbocycles. The molecule has 4 nitrogen and oxygen atoms in total. The molecule has 1 aromatic heterocycles. The van der Waals surface area contributed by atoms with Gasteiger partial charge in [-0.25, -0.2) is 4.98 Å². The van der Waals surface area contributed by atoms with Gasteiger partial charge in [-0.05, 0) is 24.8 Å². The second-order valence-electron chi connectivity index (χ2n) is 4.77. The molecule has 108 valence electrons. The Labute approximate surface area is 124 Å². The molecule has 20 heavy (non-hydrogen) atoms. The lowest BCUT2D eigenvalue weighted by Gasteiger charge is -2.14. The van der Waals surface area contributed by atoms with Crippen LogP contribution in [0.5, 0.6) is 0 Å². The lowest BCUT2D eigenvalue weighted by Crippen LogP contribution is -2.15. The number of hydrogen-bond acceptors (Lipinski definition) is 5. The Morgan fingerprint density at radius 1 is 1.20 bits per heavy atom. The van der Waals surface area contributed by atoms with Crippen LogP contribution >= 0.6 is 11.8 Å². The molecule has 1 heterocycles. The van der Waals surface area contributed by atoms with E-state index in [0.717, 1.165) is 36.2 Å². The molecular weight excluding hydrogens is 268 g/mol. The number of thioether (sulfide) groups is 1. The predicted molar refractivity (Wildman–Crippen MR) is 89.8 cm³/mol. The number of para-hydroxylation sites is 1. The van der Waals surface area contributed by atoms with Crippen molar-refractivity contribution in [2.24, 2.45) is 0 Å². The maximum Gasteiger partial charge on any atom is 0.225 e. The van der Waals surface area contributed by atoms with Crippen LogP contribution in [0.25, 0.3) is 10.9 Å². The van der Waals surface area contributed by atoms with Crippen molar-refractivity contribution in [3.05, 3.63) is 24.3 Å². The Kier molecular flexibility index (Phi) is 5.47. The van der Waals surface area contributed by atoms with Gasteiger partial charge in [-0.1, -0.05) is 26.0 Å². The van der Waals surface area contributed by atoms with Crippen molar-refractivity contribution in [3.63, 3.8) is 0 Å². The first-order valence-electron chi connectivity index (χ1n) is 7.02. The number of fused-ring (bicyclic) bond motifs is 1. The first kappa shape index (κ1) is 14.9. The Hall–Kier alpha value is -1.49. The van der Waals surface area contributed by atoms with Gasteiger partial charge in [-0.2, -0.15) is 16.7 Å². The maximum absolute atomic E-state index is 4.60. The topological polar surface area (TPSA) is 49.8 Å². The molecule has 2 aromatic rings. The second-order valence-corrected chi connectivity index (χ2v) is 6.04. The molecule has 0 aliphatic heterocycles. The molecule has 5 heteroatoms. The molecule has 0 spiro atoms. The number of benzene rings is 1. The fourth-order valence-electron chi connectivity index (χ4n) is 1.85. The highest BCUT2D eigenvalue weighted by atomic mass is 32.2. The molecular formula is C15H22N4S. The van der Waals surface area contributed by atoms with Crippen LogP contribution in [-0.2, 0) is 0 Å². The summed E-state index contributed by atoms with van der Waals surface area (Å²) in [6.45, 7) is 6.12. The largest absolute Gasteiger partial charge is 0.368 e. The number of rotatable bonds is 7. The number of anilines is 2. The van der Waals surface area contributed by atoms with Crippen molar-refractivity contribution in [1.29, 1.82) is 0 Å². The zero-order chi connectivity index (χ0) is 14.4. The van der Waals surface area contributed by atoms with Gasteiger partial charge in [-0.15, -0.1) is 0 Å². The predicted octanol–water partition coefficient (Wildman–Crippen LogP) is 3.62. The molecule has 0 saturated carbocycles. The quantitative estimate of drug-likeness (QED) is 0.815. The Bertz CT molecular complexity index is 559. The van der Waals surface area contributed by atoms with Crippen molar-refractivity contribution < 1.29 is 0 Å². The van der Waals surface area contributed by atoms with Gasteiger partial charge < -0.3 is 10.6 Å². The van der Waals surface area contributed by atoms with Crippen LogP contribution in [0.4, 0.5) is 11.8 Å². The molecule has 0 amide bonds. The summed E-state index contributed by atoms with van der Waals surface area (Å²) in [5.41, 5.74) is 0.973. The summed E-state index contributed by atoms with van der Waals surface area (Å²) < 4.78 is 0. The number of nitrogens with one attached hydrogen (secondary N) is 2.